The summed E-state index contributed by atoms with van der Waals surface area (Å²) in [6, 6.07) is 8.40. The van der Waals surface area contributed by atoms with Gasteiger partial charge in [-0.2, -0.15) is 14.4 Å². The lowest BCUT2D eigenvalue weighted by molar-refractivity contribution is -0.145. The number of hydrogen-bond acceptors (Lipinski definition) is 10. The van der Waals surface area contributed by atoms with E-state index in [0.29, 0.717) is 0 Å². The molecule has 14 heteroatoms. The molecule has 2 aromatic heterocycles. The Balaban J connectivity index is 1.15. The molecule has 1 saturated heterocycles. The van der Waals surface area contributed by atoms with E-state index < -0.39 is 50.8 Å². The third-order valence-electron chi connectivity index (χ3n) is 10.1. The summed E-state index contributed by atoms with van der Waals surface area (Å²) in [5.41, 5.74) is 5.17. The Bertz CT molecular complexity index is 1620. The smallest absolute Gasteiger partial charge is 0.323 e. The van der Waals surface area contributed by atoms with Crippen molar-refractivity contribution in [3.63, 3.8) is 0 Å². The van der Waals surface area contributed by atoms with Gasteiger partial charge in [-0.1, -0.05) is 146 Å². The number of nitrogens with one attached hydrogen (secondary N) is 1. The Kier molecular flexibility index (Phi) is 18.9. The lowest BCUT2D eigenvalue weighted by atomic mass is 9.99. The highest BCUT2D eigenvalue weighted by Gasteiger charge is 2.49. The summed E-state index contributed by atoms with van der Waals surface area (Å²) >= 11 is 0. The number of ether oxygens (including phenoxy) is 2. The quantitative estimate of drug-likeness (QED) is 0.0226. The van der Waals surface area contributed by atoms with Gasteiger partial charge in [-0.15, -0.1) is 6.42 Å². The number of carbonyl (C=O) groups excluding carboxylic acids is 1. The van der Waals surface area contributed by atoms with Gasteiger partial charge in [0.2, 0.25) is 0 Å². The summed E-state index contributed by atoms with van der Waals surface area (Å²) < 4.78 is 45.8. The molecule has 1 unspecified atom stereocenters. The number of fused-ring (bicyclic) bond motifs is 1. The zero-order valence-corrected chi connectivity index (χ0v) is 32.9. The number of rotatable bonds is 27. The van der Waals surface area contributed by atoms with Crippen LogP contribution in [0.1, 0.15) is 134 Å². The van der Waals surface area contributed by atoms with Gasteiger partial charge in [0.1, 0.15) is 18.4 Å². The van der Waals surface area contributed by atoms with Gasteiger partial charge >= 0.3 is 12.0 Å². The largest absolute Gasteiger partial charge is 0.465 e. The first-order valence-corrected chi connectivity index (χ1v) is 21.2. The number of aliphatic hydroxyl groups is 1. The number of unbranched alkanes of at least 4 members (excludes halogenated alkanes) is 16. The minimum absolute atomic E-state index is 0.0126. The normalized spacial score (nSPS) is 19.5. The third-order valence-corrected chi connectivity index (χ3v) is 11.0. The third kappa shape index (κ3) is 13.7. The summed E-state index contributed by atoms with van der Waals surface area (Å²) in [6.07, 6.45) is 25.7. The van der Waals surface area contributed by atoms with Crippen LogP contribution in [-0.2, 0) is 29.8 Å². The van der Waals surface area contributed by atoms with Crippen LogP contribution >= 0.6 is 8.18 Å². The number of halogens is 1. The van der Waals surface area contributed by atoms with Crippen molar-refractivity contribution in [3.8, 4) is 12.3 Å². The molecule has 1 fully saturated rings. The Hall–Kier alpha value is -3.40. The predicted octanol–water partition coefficient (Wildman–Crippen LogP) is 8.00. The van der Waals surface area contributed by atoms with Crippen molar-refractivity contribution < 1.29 is 32.9 Å². The molecule has 0 amide bonds. The summed E-state index contributed by atoms with van der Waals surface area (Å²) in [6.45, 7) is 2.09. The molecule has 0 radical (unpaired) electrons. The SMILES string of the molecule is C#C[C@]1(CO[PH](=O)N[C@@H](Cc2ccccc2)C(=O)OCCCCCCCCCCCCCCCCCCC)O[C@@H](n2cnc3c(N)nc(F)nc32)C[C@@H]1O. The van der Waals surface area contributed by atoms with E-state index >= 15 is 0 Å². The second kappa shape index (κ2) is 23.5. The predicted molar refractivity (Wildman–Crippen MR) is 209 cm³/mol. The molecule has 0 saturated carbocycles. The molecule has 0 aliphatic carbocycles. The molecule has 0 spiro atoms. The minimum Gasteiger partial charge on any atom is -0.465 e. The average molecular weight is 771 g/mol. The number of carbonyl (C=O) groups is 1. The number of nitrogens with zero attached hydrogens (tertiary/aromatic N) is 4. The van der Waals surface area contributed by atoms with Gasteiger partial charge in [0, 0.05) is 6.42 Å². The Morgan fingerprint density at radius 1 is 1.04 bits per heavy atom. The molecule has 4 rings (SSSR count). The van der Waals surface area contributed by atoms with Crippen LogP contribution in [0.15, 0.2) is 36.7 Å². The maximum Gasteiger partial charge on any atom is 0.323 e. The van der Waals surface area contributed by atoms with E-state index in [2.05, 4.69) is 32.9 Å². The number of aliphatic hydroxyl groups excluding tert-OH is 1. The van der Waals surface area contributed by atoms with Gasteiger partial charge in [0.05, 0.1) is 19.5 Å². The molecule has 1 aromatic carbocycles. The number of anilines is 1. The van der Waals surface area contributed by atoms with Crippen molar-refractivity contribution in [2.45, 2.75) is 153 Å². The average Bonchev–Trinajstić information content (AvgIpc) is 3.74. The van der Waals surface area contributed by atoms with Crippen LogP contribution in [0.25, 0.3) is 11.2 Å². The van der Waals surface area contributed by atoms with Gasteiger partial charge in [0.25, 0.3) is 8.18 Å². The Morgan fingerprint density at radius 3 is 2.22 bits per heavy atom. The van der Waals surface area contributed by atoms with Crippen LogP contribution in [0.2, 0.25) is 0 Å². The molecule has 5 atom stereocenters. The lowest BCUT2D eigenvalue weighted by Crippen LogP contribution is -2.43. The van der Waals surface area contributed by atoms with Gasteiger partial charge in [-0.05, 0) is 18.4 Å². The van der Waals surface area contributed by atoms with Gasteiger partial charge in [-0.25, -0.2) is 10.1 Å². The maximum absolute atomic E-state index is 13.9. The van der Waals surface area contributed by atoms with Crippen molar-refractivity contribution in [2.24, 2.45) is 0 Å². The van der Waals surface area contributed by atoms with Crippen LogP contribution in [0.4, 0.5) is 10.2 Å². The van der Waals surface area contributed by atoms with Gasteiger partial charge in [-0.3, -0.25) is 13.9 Å². The number of benzene rings is 1. The summed E-state index contributed by atoms with van der Waals surface area (Å²) in [4.78, 5) is 24.6. The fraction of sp³-hybridized carbons (Fsp3) is 0.650. The van der Waals surface area contributed by atoms with E-state index in [1.165, 1.54) is 101 Å². The van der Waals surface area contributed by atoms with Gasteiger partial charge in [0.15, 0.2) is 22.6 Å². The van der Waals surface area contributed by atoms with Crippen molar-refractivity contribution in [2.75, 3.05) is 18.9 Å². The summed E-state index contributed by atoms with van der Waals surface area (Å²) in [5.74, 6) is 1.76. The topological polar surface area (TPSA) is 164 Å². The number of imidazole rings is 1. The lowest BCUT2D eigenvalue weighted by Gasteiger charge is -2.26. The fourth-order valence-electron chi connectivity index (χ4n) is 6.84. The van der Waals surface area contributed by atoms with Crippen molar-refractivity contribution >= 4 is 31.1 Å². The number of hydrogen-bond donors (Lipinski definition) is 3. The molecule has 4 N–H and O–H groups in total. The van der Waals surface area contributed by atoms with Crippen LogP contribution in [0.3, 0.4) is 0 Å². The molecule has 1 aliphatic rings. The van der Waals surface area contributed by atoms with Crippen molar-refractivity contribution in [1.29, 1.82) is 0 Å². The van der Waals surface area contributed by atoms with E-state index in [1.54, 1.807) is 0 Å². The monoisotopic (exact) mass is 770 g/mol. The van der Waals surface area contributed by atoms with Crippen molar-refractivity contribution in [1.82, 2.24) is 24.6 Å². The number of nitrogen functional groups attached to an aromatic ring is 1. The first-order valence-electron chi connectivity index (χ1n) is 19.9. The van der Waals surface area contributed by atoms with Crippen LogP contribution < -0.4 is 10.8 Å². The second-order valence-corrected chi connectivity index (χ2v) is 15.5. The molecule has 1 aliphatic heterocycles. The van der Waals surface area contributed by atoms with Crippen molar-refractivity contribution in [3.05, 3.63) is 48.3 Å². The molecule has 298 valence electrons. The molecule has 3 heterocycles. The standard InChI is InChI=1S/C40H60FN6O6P/c1-3-5-6-7-8-9-10-11-12-13-14-15-16-17-18-19-23-26-51-38(49)32(27-31-24-21-20-22-25-31)46-54(50)52-29-40(4-2)33(48)28-34(53-40)47-30-43-35-36(42)44-39(41)45-37(35)47/h2,20-22,24-25,30,32-34,48,54H,3,5-19,23,26-29H2,1H3,(H,46,50)(H2,42,44,45)/t32-,33-,34+,40+/m0/s1. The molecule has 12 nitrogen and oxygen atoms in total. The van der Waals surface area contributed by atoms with E-state index in [1.807, 2.05) is 30.3 Å². The zero-order valence-electron chi connectivity index (χ0n) is 31.9. The number of esters is 1. The van der Waals surface area contributed by atoms with Crippen LogP contribution in [-0.4, -0.2) is 61.6 Å². The molecule has 54 heavy (non-hydrogen) atoms. The Labute approximate surface area is 320 Å². The molecular formula is C40H60FN6O6P. The number of terminal acetylenes is 1. The van der Waals surface area contributed by atoms with E-state index in [-0.39, 0.29) is 36.4 Å². The van der Waals surface area contributed by atoms with E-state index in [9.17, 15) is 18.9 Å². The Morgan fingerprint density at radius 2 is 1.63 bits per heavy atom. The minimum atomic E-state index is -3.08. The van der Waals surface area contributed by atoms with Gasteiger partial charge < -0.3 is 24.8 Å². The summed E-state index contributed by atoms with van der Waals surface area (Å²) in [5, 5.41) is 13.7. The first-order chi connectivity index (χ1) is 26.3. The molecular weight excluding hydrogens is 710 g/mol. The summed E-state index contributed by atoms with van der Waals surface area (Å²) in [7, 11) is -3.08. The zero-order chi connectivity index (χ0) is 38.6. The highest BCUT2D eigenvalue weighted by Crippen LogP contribution is 2.39. The van der Waals surface area contributed by atoms with E-state index in [0.717, 1.165) is 24.8 Å². The molecule has 3 aromatic rings. The second-order valence-electron chi connectivity index (χ2n) is 14.3. The highest BCUT2D eigenvalue weighted by molar-refractivity contribution is 7.36. The van der Waals surface area contributed by atoms with Crippen LogP contribution in [0.5, 0.6) is 0 Å². The van der Waals surface area contributed by atoms with E-state index in [4.69, 9.17) is 26.2 Å². The number of nitrogens with two attached hydrogens (primary N) is 1. The highest BCUT2D eigenvalue weighted by atomic mass is 31.1. The van der Waals surface area contributed by atoms with Crippen LogP contribution in [0, 0.1) is 18.4 Å². The molecule has 0 bridgehead atoms. The maximum atomic E-state index is 13.9. The first kappa shape index (κ1) is 43.3. The number of aromatic nitrogens is 4. The fourth-order valence-corrected chi connectivity index (χ4v) is 7.78.